The van der Waals surface area contributed by atoms with Crippen LogP contribution in [0.25, 0.3) is 10.9 Å². The Morgan fingerprint density at radius 2 is 1.86 bits per heavy atom. The summed E-state index contributed by atoms with van der Waals surface area (Å²) in [6.07, 6.45) is 6.91. The fourth-order valence-electron chi connectivity index (χ4n) is 4.53. The van der Waals surface area contributed by atoms with E-state index in [1.165, 1.54) is 42.4 Å². The molecule has 4 rings (SSSR count). The van der Waals surface area contributed by atoms with E-state index >= 15 is 0 Å². The maximum atomic E-state index is 6.21. The second-order valence-electron chi connectivity index (χ2n) is 8.89. The Morgan fingerprint density at radius 1 is 1.10 bits per heavy atom. The topological polar surface area (TPSA) is 46.6 Å². The van der Waals surface area contributed by atoms with Crippen LogP contribution in [0.2, 0.25) is 0 Å². The number of aryl methyl sites for hydroxylation is 1. The summed E-state index contributed by atoms with van der Waals surface area (Å²) in [5.74, 6) is 2.46. The molecule has 29 heavy (non-hydrogen) atoms. The number of benzene rings is 1. The van der Waals surface area contributed by atoms with Gasteiger partial charge in [0.05, 0.1) is 19.2 Å². The molecule has 2 aliphatic rings. The van der Waals surface area contributed by atoms with Crippen molar-refractivity contribution in [2.45, 2.75) is 57.8 Å². The maximum absolute atomic E-state index is 6.21. The molecule has 1 N–H and O–H groups in total. The number of hydrogen-bond donors (Lipinski definition) is 1. The van der Waals surface area contributed by atoms with Crippen molar-refractivity contribution < 1.29 is 9.47 Å². The van der Waals surface area contributed by atoms with E-state index in [0.717, 1.165) is 55.1 Å². The second-order valence-corrected chi connectivity index (χ2v) is 8.89. The summed E-state index contributed by atoms with van der Waals surface area (Å²) in [6, 6.07) is 4.12. The van der Waals surface area contributed by atoms with Gasteiger partial charge >= 0.3 is 0 Å². The van der Waals surface area contributed by atoms with E-state index < -0.39 is 5.44 Å². The molecule has 1 aliphatic heterocycles. The molecule has 0 amide bonds. The minimum absolute atomic E-state index is 0.515. The van der Waals surface area contributed by atoms with E-state index in [9.17, 15) is 0 Å². The Morgan fingerprint density at radius 3 is 2.59 bits per heavy atom. The van der Waals surface area contributed by atoms with Crippen LogP contribution in [0.5, 0.6) is 11.5 Å². The molecule has 1 aromatic carbocycles. The molecule has 0 atom stereocenters. The number of fused-ring (bicyclic) bond motifs is 3. The van der Waals surface area contributed by atoms with E-state index in [1.54, 1.807) is 7.11 Å². The average molecular weight is 393 g/mol. The van der Waals surface area contributed by atoms with Gasteiger partial charge in [-0.2, -0.15) is 0 Å². The lowest BCUT2D eigenvalue weighted by molar-refractivity contribution is 0.254. The predicted octanol–water partition coefficient (Wildman–Crippen LogP) is 3.91. The average Bonchev–Trinajstić information content (AvgIpc) is 3.35. The number of pyridine rings is 1. The van der Waals surface area contributed by atoms with Gasteiger partial charge in [-0.3, -0.25) is 0 Å². The second kappa shape index (κ2) is 8.43. The summed E-state index contributed by atoms with van der Waals surface area (Å²) in [4.78, 5) is 7.44. The number of anilines is 1. The number of aromatic nitrogens is 1. The summed E-state index contributed by atoms with van der Waals surface area (Å²) in [5.41, 5.74) is 3.07. The molecule has 0 spiro atoms. The molecule has 154 valence electrons. The molecule has 0 saturated carbocycles. The van der Waals surface area contributed by atoms with Crippen LogP contribution in [0.4, 0.5) is 5.82 Å². The van der Waals surface area contributed by atoms with Gasteiger partial charge in [-0.1, -0.05) is 13.8 Å². The summed E-state index contributed by atoms with van der Waals surface area (Å²) >= 11 is 0. The number of hydrogen-bond acceptors (Lipinski definition) is 5. The van der Waals surface area contributed by atoms with Crippen molar-refractivity contribution in [2.75, 3.05) is 38.7 Å². The number of nitrogens with zero attached hydrogens (tertiary/aromatic N) is 2. The summed E-state index contributed by atoms with van der Waals surface area (Å²) < 4.78 is 11.8. The van der Waals surface area contributed by atoms with Crippen molar-refractivity contribution >= 4 is 24.6 Å². The Labute approximate surface area is 175 Å². The molecule has 1 aromatic heterocycles. The van der Waals surface area contributed by atoms with Gasteiger partial charge in [0.25, 0.3) is 0 Å². The van der Waals surface area contributed by atoms with Gasteiger partial charge in [-0.25, -0.2) is 4.98 Å². The first-order valence-corrected chi connectivity index (χ1v) is 10.9. The van der Waals surface area contributed by atoms with Gasteiger partial charge in [0.1, 0.15) is 13.7 Å². The van der Waals surface area contributed by atoms with Crippen molar-refractivity contribution in [1.29, 1.82) is 0 Å². The quantitative estimate of drug-likeness (QED) is 0.544. The van der Waals surface area contributed by atoms with Crippen molar-refractivity contribution in [3.05, 3.63) is 23.3 Å². The van der Waals surface area contributed by atoms with Crippen molar-refractivity contribution in [2.24, 2.45) is 0 Å². The van der Waals surface area contributed by atoms with Gasteiger partial charge in [0.15, 0.2) is 11.5 Å². The number of nitrogens with one attached hydrogen (secondary N) is 1. The maximum Gasteiger partial charge on any atom is 0.163 e. The Bertz CT molecular complexity index is 873. The van der Waals surface area contributed by atoms with Crippen LogP contribution in [-0.4, -0.2) is 56.5 Å². The highest BCUT2D eigenvalue weighted by molar-refractivity contribution is 6.16. The van der Waals surface area contributed by atoms with Crippen LogP contribution in [-0.2, 0) is 12.8 Å². The summed E-state index contributed by atoms with van der Waals surface area (Å²) in [6.45, 7) is 8.15. The fourth-order valence-corrected chi connectivity index (χ4v) is 4.53. The van der Waals surface area contributed by atoms with E-state index in [0.29, 0.717) is 6.61 Å². The third kappa shape index (κ3) is 4.63. The van der Waals surface area contributed by atoms with E-state index in [2.05, 4.69) is 16.3 Å². The van der Waals surface area contributed by atoms with Gasteiger partial charge in [-0.15, -0.1) is 0 Å². The van der Waals surface area contributed by atoms with Crippen LogP contribution in [0.15, 0.2) is 12.1 Å². The molecule has 1 fully saturated rings. The third-order valence-electron chi connectivity index (χ3n) is 5.86. The lowest BCUT2D eigenvalue weighted by Gasteiger charge is -2.24. The lowest BCUT2D eigenvalue weighted by Crippen LogP contribution is -2.32. The zero-order valence-corrected chi connectivity index (χ0v) is 18.0. The van der Waals surface area contributed by atoms with Gasteiger partial charge in [0, 0.05) is 18.0 Å². The molecule has 0 bridgehead atoms. The normalized spacial score (nSPS) is 16.9. The standard InChI is InChI=1S/C23H32BN3O2/c1-23(2,24)26-22-17-9-6-8-16(17)18-14-20(28-3)21(15-19(18)25-22)29-13-7-12-27-10-4-5-11-27/h14-15H,4-13H2,1-3H3,(H,25,26). The van der Waals surface area contributed by atoms with Crippen molar-refractivity contribution in [3.63, 3.8) is 0 Å². The third-order valence-corrected chi connectivity index (χ3v) is 5.86. The summed E-state index contributed by atoms with van der Waals surface area (Å²) in [5, 5.41) is 4.56. The van der Waals surface area contributed by atoms with E-state index in [1.807, 2.05) is 19.9 Å². The largest absolute Gasteiger partial charge is 0.493 e. The number of rotatable bonds is 8. The van der Waals surface area contributed by atoms with Crippen LogP contribution < -0.4 is 14.8 Å². The van der Waals surface area contributed by atoms with Crippen LogP contribution in [0.1, 0.15) is 50.7 Å². The molecule has 0 unspecified atom stereocenters. The molecular formula is C23H32BN3O2. The highest BCUT2D eigenvalue weighted by Crippen LogP contribution is 2.39. The molecule has 1 aliphatic carbocycles. The molecule has 2 aromatic rings. The Balaban J connectivity index is 1.58. The molecule has 2 radical (unpaired) electrons. The van der Waals surface area contributed by atoms with Gasteiger partial charge in [0.2, 0.25) is 0 Å². The summed E-state index contributed by atoms with van der Waals surface area (Å²) in [7, 11) is 7.92. The van der Waals surface area contributed by atoms with Crippen LogP contribution in [0.3, 0.4) is 0 Å². The van der Waals surface area contributed by atoms with Gasteiger partial charge in [-0.05, 0) is 74.2 Å². The SMILES string of the molecule is [B]C(C)(C)Nc1nc2cc(OCCCN3CCCC3)c(OC)cc2c2c1CCC2. The van der Waals surface area contributed by atoms with E-state index in [-0.39, 0.29) is 0 Å². The Hall–Kier alpha value is -1.95. The number of likely N-dealkylation sites (tertiary alicyclic amines) is 1. The smallest absolute Gasteiger partial charge is 0.163 e. The molecule has 6 heteroatoms. The minimum Gasteiger partial charge on any atom is -0.493 e. The van der Waals surface area contributed by atoms with Crippen LogP contribution in [0, 0.1) is 0 Å². The van der Waals surface area contributed by atoms with E-state index in [4.69, 9.17) is 22.3 Å². The first kappa shape index (κ1) is 20.3. The fraction of sp³-hybridized carbons (Fsp3) is 0.609. The minimum atomic E-state index is -0.515. The highest BCUT2D eigenvalue weighted by atomic mass is 16.5. The lowest BCUT2D eigenvalue weighted by atomic mass is 9.81. The van der Waals surface area contributed by atoms with Crippen molar-refractivity contribution in [1.82, 2.24) is 9.88 Å². The molecule has 1 saturated heterocycles. The predicted molar refractivity (Wildman–Crippen MR) is 120 cm³/mol. The monoisotopic (exact) mass is 393 g/mol. The highest BCUT2D eigenvalue weighted by Gasteiger charge is 2.23. The molecule has 2 heterocycles. The molecular weight excluding hydrogens is 361 g/mol. The first-order valence-electron chi connectivity index (χ1n) is 10.9. The van der Waals surface area contributed by atoms with Crippen molar-refractivity contribution in [3.8, 4) is 11.5 Å². The zero-order valence-electron chi connectivity index (χ0n) is 18.0. The zero-order chi connectivity index (χ0) is 20.4. The molecule has 5 nitrogen and oxygen atoms in total. The van der Waals surface area contributed by atoms with Crippen LogP contribution >= 0.6 is 0 Å². The number of ether oxygens (including phenoxy) is 2. The first-order chi connectivity index (χ1) is 13.9. The number of methoxy groups -OCH3 is 1. The van der Waals surface area contributed by atoms with Gasteiger partial charge < -0.3 is 19.7 Å². The Kier molecular flexibility index (Phi) is 5.91.